The maximum Gasteiger partial charge on any atom is 0.305 e. The first-order valence-electron chi connectivity index (χ1n) is 22.7. The van der Waals surface area contributed by atoms with Crippen molar-refractivity contribution in [3.05, 3.63) is 102 Å². The van der Waals surface area contributed by atoms with Gasteiger partial charge in [-0.15, -0.1) is 0 Å². The van der Waals surface area contributed by atoms with E-state index in [1.807, 2.05) is 79.1 Å². The standard InChI is InChI=1S/C50H69FN2O12/c1-4-20-59-22-24-61-26-28-63-30-32-65-33-31-64-29-27-62-25-23-60-21-18-39-34-40(51)15-16-44(39)49-46(38-11-7-5-8-12-38)47(50(58)52-41-13-9-6-10-14-41)48(37(2)3)53(49)19-17-42(54)35-43(55)36-45(56)57/h5-16,34,37,42-43,54-55H,4,17-33,35-36H2,1-3H3,(H,52,58)(H,56,57)/t42-,43-/m1/s1. The Balaban J connectivity index is 1.40. The fourth-order valence-electron chi connectivity index (χ4n) is 7.32. The number of hydrogen-bond acceptors (Lipinski definition) is 11. The van der Waals surface area contributed by atoms with Crippen molar-refractivity contribution >= 4 is 17.6 Å². The predicted molar refractivity (Wildman–Crippen MR) is 247 cm³/mol. The number of ether oxygens (including phenoxy) is 7. The van der Waals surface area contributed by atoms with Crippen molar-refractivity contribution in [2.45, 2.75) is 77.5 Å². The highest BCUT2D eigenvalue weighted by molar-refractivity contribution is 6.12. The molecule has 1 amide bonds. The van der Waals surface area contributed by atoms with E-state index in [1.165, 1.54) is 12.1 Å². The third-order valence-electron chi connectivity index (χ3n) is 10.2. The average molecular weight is 909 g/mol. The van der Waals surface area contributed by atoms with E-state index in [2.05, 4.69) is 12.2 Å². The molecule has 0 unspecified atom stereocenters. The van der Waals surface area contributed by atoms with E-state index in [4.69, 9.17) is 33.2 Å². The average Bonchev–Trinajstić information content (AvgIpc) is 3.63. The lowest BCUT2D eigenvalue weighted by Crippen LogP contribution is -2.22. The second kappa shape index (κ2) is 30.6. The summed E-state index contributed by atoms with van der Waals surface area (Å²) >= 11 is 0. The second-order valence-corrected chi connectivity index (χ2v) is 15.7. The van der Waals surface area contributed by atoms with Gasteiger partial charge < -0.3 is 58.4 Å². The summed E-state index contributed by atoms with van der Waals surface area (Å²) in [6.45, 7) is 12.7. The predicted octanol–water partition coefficient (Wildman–Crippen LogP) is 7.38. The van der Waals surface area contributed by atoms with Gasteiger partial charge >= 0.3 is 5.97 Å². The minimum absolute atomic E-state index is 0.137. The number of aliphatic hydroxyl groups excluding tert-OH is 2. The molecule has 0 bridgehead atoms. The Morgan fingerprint density at radius 2 is 1.18 bits per heavy atom. The highest BCUT2D eigenvalue weighted by atomic mass is 19.1. The van der Waals surface area contributed by atoms with Crippen LogP contribution in [0.1, 0.15) is 74.0 Å². The normalized spacial score (nSPS) is 12.5. The summed E-state index contributed by atoms with van der Waals surface area (Å²) in [5.41, 5.74) is 5.19. The molecule has 1 aromatic heterocycles. The SMILES string of the molecule is CCCOCCOCCOCCOCCOCCOCCOCCc1cc(F)ccc1-c1c(-c2ccccc2)c(C(=O)Nc2ccccc2)c(C(C)C)n1CC[C@@H](O)C[C@@H](O)CC(=O)O. The quantitative estimate of drug-likeness (QED) is 0.0338. The van der Waals surface area contributed by atoms with Crippen molar-refractivity contribution in [3.8, 4) is 22.4 Å². The molecule has 0 aliphatic rings. The summed E-state index contributed by atoms with van der Waals surface area (Å²) in [4.78, 5) is 25.8. The highest BCUT2D eigenvalue weighted by Gasteiger charge is 2.32. The fraction of sp³-hybridized carbons (Fsp3) is 0.520. The number of rotatable bonds is 35. The lowest BCUT2D eigenvalue weighted by atomic mass is 9.92. The molecule has 0 fully saturated rings. The van der Waals surface area contributed by atoms with Gasteiger partial charge in [0.2, 0.25) is 0 Å². The Bertz CT molecular complexity index is 1950. The molecule has 4 rings (SSSR count). The highest BCUT2D eigenvalue weighted by Crippen LogP contribution is 2.44. The number of aromatic nitrogens is 1. The summed E-state index contributed by atoms with van der Waals surface area (Å²) in [5.74, 6) is -2.11. The molecule has 0 radical (unpaired) electrons. The van der Waals surface area contributed by atoms with Crippen molar-refractivity contribution in [2.75, 3.05) is 97.8 Å². The number of amides is 1. The third kappa shape index (κ3) is 19.1. The number of hydrogen-bond donors (Lipinski definition) is 4. The minimum Gasteiger partial charge on any atom is -0.481 e. The van der Waals surface area contributed by atoms with E-state index in [0.29, 0.717) is 125 Å². The zero-order valence-electron chi connectivity index (χ0n) is 38.2. The molecule has 2 atom stereocenters. The molecule has 4 N–H and O–H groups in total. The Kier molecular flexibility index (Phi) is 25.0. The van der Waals surface area contributed by atoms with Crippen LogP contribution < -0.4 is 5.32 Å². The molecule has 1 heterocycles. The Morgan fingerprint density at radius 1 is 0.677 bits per heavy atom. The smallest absolute Gasteiger partial charge is 0.305 e. The number of halogens is 1. The minimum atomic E-state index is -1.23. The Labute approximate surface area is 382 Å². The van der Waals surface area contributed by atoms with E-state index in [9.17, 15) is 24.9 Å². The number of benzene rings is 3. The van der Waals surface area contributed by atoms with Gasteiger partial charge in [-0.3, -0.25) is 9.59 Å². The van der Waals surface area contributed by atoms with Gasteiger partial charge in [0, 0.05) is 35.7 Å². The zero-order chi connectivity index (χ0) is 46.7. The van der Waals surface area contributed by atoms with Crippen LogP contribution in [0.4, 0.5) is 10.1 Å². The molecule has 4 aromatic rings. The first-order chi connectivity index (χ1) is 31.6. The summed E-state index contributed by atoms with van der Waals surface area (Å²) in [6, 6.07) is 23.3. The van der Waals surface area contributed by atoms with Crippen LogP contribution in [0.2, 0.25) is 0 Å². The number of para-hydroxylation sites is 1. The van der Waals surface area contributed by atoms with E-state index in [0.717, 1.165) is 18.6 Å². The topological polar surface area (TPSA) is 176 Å². The number of aliphatic carboxylic acids is 1. The summed E-state index contributed by atoms with van der Waals surface area (Å²) in [5, 5.41) is 33.7. The van der Waals surface area contributed by atoms with Crippen LogP contribution in [0.25, 0.3) is 22.4 Å². The number of carboxylic acid groups (broad SMARTS) is 1. The molecule has 15 heteroatoms. The van der Waals surface area contributed by atoms with Crippen molar-refractivity contribution < 1.29 is 62.5 Å². The van der Waals surface area contributed by atoms with Crippen LogP contribution in [0.15, 0.2) is 78.9 Å². The Hall–Kier alpha value is -4.55. The maximum absolute atomic E-state index is 15.1. The maximum atomic E-state index is 15.1. The molecule has 3 aromatic carbocycles. The van der Waals surface area contributed by atoms with Gasteiger partial charge in [0.05, 0.1) is 116 Å². The monoisotopic (exact) mass is 908 g/mol. The number of carbonyl (C=O) groups excluding carboxylic acids is 1. The second-order valence-electron chi connectivity index (χ2n) is 15.7. The molecule has 0 aliphatic carbocycles. The molecule has 0 saturated carbocycles. The molecular formula is C50H69FN2O12. The van der Waals surface area contributed by atoms with Crippen molar-refractivity contribution in [3.63, 3.8) is 0 Å². The first kappa shape index (κ1) is 53.1. The van der Waals surface area contributed by atoms with Gasteiger partial charge in [0.1, 0.15) is 5.82 Å². The van der Waals surface area contributed by atoms with Crippen LogP contribution in [0.3, 0.4) is 0 Å². The molecule has 0 spiro atoms. The number of carbonyl (C=O) groups is 2. The van der Waals surface area contributed by atoms with Crippen molar-refractivity contribution in [1.82, 2.24) is 4.57 Å². The summed E-state index contributed by atoms with van der Waals surface area (Å²) in [7, 11) is 0. The van der Waals surface area contributed by atoms with Gasteiger partial charge in [-0.25, -0.2) is 4.39 Å². The molecule has 0 aliphatic heterocycles. The number of aliphatic hydroxyl groups is 2. The van der Waals surface area contributed by atoms with E-state index >= 15 is 4.39 Å². The summed E-state index contributed by atoms with van der Waals surface area (Å²) in [6.07, 6.45) is -1.42. The molecule has 65 heavy (non-hydrogen) atoms. The number of nitrogens with zero attached hydrogens (tertiary/aromatic N) is 1. The van der Waals surface area contributed by atoms with E-state index < -0.39 is 30.4 Å². The molecule has 0 saturated heterocycles. The molecule has 358 valence electrons. The fourth-order valence-corrected chi connectivity index (χ4v) is 7.32. The third-order valence-corrected chi connectivity index (χ3v) is 10.2. The van der Waals surface area contributed by atoms with Gasteiger partial charge in [-0.2, -0.15) is 0 Å². The number of carboxylic acids is 1. The van der Waals surface area contributed by atoms with Crippen LogP contribution in [0.5, 0.6) is 0 Å². The Morgan fingerprint density at radius 3 is 1.69 bits per heavy atom. The van der Waals surface area contributed by atoms with E-state index in [1.54, 1.807) is 6.07 Å². The number of anilines is 1. The molecular weight excluding hydrogens is 840 g/mol. The van der Waals surface area contributed by atoms with Gasteiger partial charge in [0.25, 0.3) is 5.91 Å². The largest absolute Gasteiger partial charge is 0.481 e. The van der Waals surface area contributed by atoms with Crippen LogP contribution in [-0.2, 0) is 50.9 Å². The molecule has 14 nitrogen and oxygen atoms in total. The van der Waals surface area contributed by atoms with Crippen molar-refractivity contribution in [1.29, 1.82) is 0 Å². The van der Waals surface area contributed by atoms with Gasteiger partial charge in [0.15, 0.2) is 0 Å². The van der Waals surface area contributed by atoms with Crippen LogP contribution in [0, 0.1) is 5.82 Å². The van der Waals surface area contributed by atoms with Gasteiger partial charge in [-0.05, 0) is 73.1 Å². The zero-order valence-corrected chi connectivity index (χ0v) is 38.2. The van der Waals surface area contributed by atoms with Crippen LogP contribution in [-0.4, -0.2) is 136 Å². The lowest BCUT2D eigenvalue weighted by Gasteiger charge is -2.21. The number of nitrogens with one attached hydrogen (secondary N) is 1. The van der Waals surface area contributed by atoms with E-state index in [-0.39, 0.29) is 37.8 Å². The summed E-state index contributed by atoms with van der Waals surface area (Å²) < 4.78 is 56.2. The first-order valence-corrected chi connectivity index (χ1v) is 22.7. The van der Waals surface area contributed by atoms with Crippen molar-refractivity contribution in [2.24, 2.45) is 0 Å². The lowest BCUT2D eigenvalue weighted by molar-refractivity contribution is -0.139. The van der Waals surface area contributed by atoms with Gasteiger partial charge in [-0.1, -0.05) is 69.3 Å². The van der Waals surface area contributed by atoms with Crippen LogP contribution >= 0.6 is 0 Å².